The van der Waals surface area contributed by atoms with E-state index in [1.165, 1.54) is 19.1 Å². The molecule has 0 bridgehead atoms. The third kappa shape index (κ3) is 4.92. The summed E-state index contributed by atoms with van der Waals surface area (Å²) in [6.45, 7) is -1.05. The number of rotatable bonds is 10. The molecule has 2 aliphatic carbocycles. The number of ether oxygens (including phenoxy) is 1. The minimum absolute atomic E-state index is 0.136. The molecule has 194 valence electrons. The fourth-order valence-electron chi connectivity index (χ4n) is 4.05. The van der Waals surface area contributed by atoms with Gasteiger partial charge in [0.2, 0.25) is 0 Å². The summed E-state index contributed by atoms with van der Waals surface area (Å²) in [7, 11) is 0. The highest BCUT2D eigenvalue weighted by Crippen LogP contribution is 2.44. The first-order valence-corrected chi connectivity index (χ1v) is 11.8. The molecule has 0 aliphatic heterocycles. The number of hydrogen-bond acceptors (Lipinski definition) is 10. The molecule has 2 aliphatic rings. The van der Waals surface area contributed by atoms with Crippen LogP contribution in [0.4, 0.5) is 10.2 Å². The van der Waals surface area contributed by atoms with E-state index in [4.69, 9.17) is 18.4 Å². The summed E-state index contributed by atoms with van der Waals surface area (Å²) in [5, 5.41) is 41.0. The molecule has 4 N–H and O–H groups in total. The number of aryl methyl sites for hydroxylation is 1. The lowest BCUT2D eigenvalue weighted by molar-refractivity contribution is -0.0629. The molecule has 2 saturated carbocycles. The molecular formula is C24H31FN6O4S. The molecule has 0 radical (unpaired) electrons. The topological polar surface area (TPSA) is 138 Å². The van der Waals surface area contributed by atoms with Gasteiger partial charge >= 0.3 is 0 Å². The molecule has 2 fully saturated rings. The average Bonchev–Trinajstić information content (AvgIpc) is 3.29. The summed E-state index contributed by atoms with van der Waals surface area (Å²) >= 11 is 0.265. The summed E-state index contributed by atoms with van der Waals surface area (Å²) < 4.78 is 103. The van der Waals surface area contributed by atoms with Crippen LogP contribution in [0.1, 0.15) is 62.9 Å². The van der Waals surface area contributed by atoms with E-state index in [1.54, 1.807) is 0 Å². The Morgan fingerprint density at radius 2 is 2.19 bits per heavy atom. The lowest BCUT2D eigenvalue weighted by atomic mass is 10.1. The van der Waals surface area contributed by atoms with E-state index in [2.05, 4.69) is 25.6 Å². The van der Waals surface area contributed by atoms with Crippen LogP contribution >= 0.6 is 11.8 Å². The Morgan fingerprint density at radius 1 is 1.36 bits per heavy atom. The standard InChI is InChI=1S/C24H31FN6O4S/c1-3-8-36-24-27-22(26-16-10-14(16)13-5-4-12(2)15(25)9-13)19-23(28-24)31(30-29-19)17-11-18(35-7-6-32)21(34)20(17)33/h4-5,9,14,16-18,20-21,32-34H,3,6-8,10-11H2,1-2H3,(H,26,27,28)/t14-,16+,17+,18-,20-,21+/m0/s1/i3D2,6D2,8D2,10D2,14D,16D. The molecule has 0 spiro atoms. The Balaban J connectivity index is 1.58. The molecule has 2 heterocycles. The van der Waals surface area contributed by atoms with Crippen molar-refractivity contribution >= 4 is 28.7 Å². The molecule has 1 aromatic carbocycles. The van der Waals surface area contributed by atoms with Crippen molar-refractivity contribution < 1.29 is 38.2 Å². The lowest BCUT2D eigenvalue weighted by Gasteiger charge is -2.17. The molecule has 0 amide bonds. The van der Waals surface area contributed by atoms with E-state index in [0.29, 0.717) is 0 Å². The molecule has 36 heavy (non-hydrogen) atoms. The predicted octanol–water partition coefficient (Wildman–Crippen LogP) is 2.18. The van der Waals surface area contributed by atoms with Gasteiger partial charge in [0.1, 0.15) is 18.0 Å². The monoisotopic (exact) mass is 528 g/mol. The number of thioether (sulfide) groups is 1. The van der Waals surface area contributed by atoms with Gasteiger partial charge in [0.05, 0.1) is 29.4 Å². The van der Waals surface area contributed by atoms with Gasteiger partial charge < -0.3 is 25.4 Å². The number of aromatic nitrogens is 5. The third-order valence-electron chi connectivity index (χ3n) is 5.96. The van der Waals surface area contributed by atoms with Gasteiger partial charge in [0, 0.05) is 33.6 Å². The van der Waals surface area contributed by atoms with Crippen LogP contribution in [0, 0.1) is 12.7 Å². The first-order valence-electron chi connectivity index (χ1n) is 16.0. The van der Waals surface area contributed by atoms with Crippen molar-refractivity contribution in [3.05, 3.63) is 35.1 Å². The molecule has 5 rings (SSSR count). The van der Waals surface area contributed by atoms with E-state index in [1.807, 2.05) is 0 Å². The van der Waals surface area contributed by atoms with E-state index >= 15 is 0 Å². The van der Waals surface area contributed by atoms with Gasteiger partial charge in [0.15, 0.2) is 22.1 Å². The van der Waals surface area contributed by atoms with Gasteiger partial charge in [-0.2, -0.15) is 0 Å². The van der Waals surface area contributed by atoms with E-state index in [-0.39, 0.29) is 46.3 Å². The molecule has 2 aromatic heterocycles. The van der Waals surface area contributed by atoms with E-state index in [9.17, 15) is 19.7 Å². The Labute approximate surface area is 226 Å². The van der Waals surface area contributed by atoms with E-state index in [0.717, 1.165) is 17.7 Å². The van der Waals surface area contributed by atoms with Crippen molar-refractivity contribution in [3.8, 4) is 0 Å². The first-order chi connectivity index (χ1) is 20.9. The van der Waals surface area contributed by atoms with Crippen molar-refractivity contribution in [2.45, 2.75) is 74.4 Å². The molecule has 0 unspecified atom stereocenters. The zero-order valence-corrected chi connectivity index (χ0v) is 20.0. The largest absolute Gasteiger partial charge is 0.394 e. The number of benzene rings is 1. The highest BCUT2D eigenvalue weighted by Gasteiger charge is 2.45. The number of fused-ring (bicyclic) bond motifs is 1. The number of halogens is 1. The van der Waals surface area contributed by atoms with Crippen LogP contribution in [0.15, 0.2) is 23.4 Å². The van der Waals surface area contributed by atoms with Crippen LogP contribution in [0.25, 0.3) is 11.2 Å². The molecule has 0 saturated heterocycles. The number of nitrogens with one attached hydrogen (secondary N) is 1. The molecule has 12 heteroatoms. The smallest absolute Gasteiger partial charge is 0.191 e. The van der Waals surface area contributed by atoms with Crippen molar-refractivity contribution in [2.75, 3.05) is 24.2 Å². The van der Waals surface area contributed by atoms with Gasteiger partial charge in [-0.1, -0.05) is 36.0 Å². The van der Waals surface area contributed by atoms with Gasteiger partial charge in [-0.3, -0.25) is 0 Å². The van der Waals surface area contributed by atoms with Crippen molar-refractivity contribution in [3.63, 3.8) is 0 Å². The van der Waals surface area contributed by atoms with E-state index < -0.39 is 78.9 Å². The SMILES string of the molecule is [2H]C([2H])(O)CO[C@H]1C[C@@H](n2nnc3c(N[C@]4([2H])C([2H])([2H])[C@@]4([2H])c4ccc(C)c(F)c4)nc(SC([2H])([2H])C([2H])([2H])C)nc32)[C@H](O)[C@@H]1O. The number of anilines is 1. The second kappa shape index (κ2) is 10.5. The Hall–Kier alpha value is -2.38. The maximum atomic E-state index is 14.5. The maximum Gasteiger partial charge on any atom is 0.191 e. The normalized spacial score (nSPS) is 38.4. The molecule has 6 atom stereocenters. The summed E-state index contributed by atoms with van der Waals surface area (Å²) in [5.41, 5.74) is -2.92. The summed E-state index contributed by atoms with van der Waals surface area (Å²) in [5.74, 6) is -3.45. The van der Waals surface area contributed by atoms with Gasteiger partial charge in [-0.25, -0.2) is 19.0 Å². The van der Waals surface area contributed by atoms with Gasteiger partial charge in [-0.15, -0.1) is 5.10 Å². The van der Waals surface area contributed by atoms with Gasteiger partial charge in [-0.05, 0) is 36.9 Å². The van der Waals surface area contributed by atoms with Crippen molar-refractivity contribution in [2.24, 2.45) is 0 Å². The Bertz CT molecular complexity index is 1660. The van der Waals surface area contributed by atoms with Crippen LogP contribution in [0.5, 0.6) is 0 Å². The van der Waals surface area contributed by atoms with Crippen LogP contribution in [-0.2, 0) is 4.74 Å². The third-order valence-corrected chi connectivity index (χ3v) is 6.64. The van der Waals surface area contributed by atoms with Crippen LogP contribution in [0.3, 0.4) is 0 Å². The highest BCUT2D eigenvalue weighted by molar-refractivity contribution is 7.99. The summed E-state index contributed by atoms with van der Waals surface area (Å²) in [4.78, 5) is 8.46. The lowest BCUT2D eigenvalue weighted by Crippen LogP contribution is -2.33. The second-order valence-electron chi connectivity index (χ2n) is 8.27. The minimum atomic E-state index is -2.72. The van der Waals surface area contributed by atoms with Crippen molar-refractivity contribution in [1.29, 1.82) is 0 Å². The first kappa shape index (κ1) is 15.8. The second-order valence-corrected chi connectivity index (χ2v) is 9.04. The fraction of sp³-hybridized carbons (Fsp3) is 0.583. The Morgan fingerprint density at radius 3 is 2.94 bits per heavy atom. The maximum absolute atomic E-state index is 14.5. The zero-order valence-electron chi connectivity index (χ0n) is 29.2. The van der Waals surface area contributed by atoms with Crippen LogP contribution in [0.2, 0.25) is 0 Å². The highest BCUT2D eigenvalue weighted by atomic mass is 32.2. The minimum Gasteiger partial charge on any atom is -0.394 e. The van der Waals surface area contributed by atoms with Crippen LogP contribution < -0.4 is 5.32 Å². The van der Waals surface area contributed by atoms with Crippen LogP contribution in [-0.4, -0.2) is 83.5 Å². The zero-order chi connectivity index (χ0) is 34.4. The Kier molecular flexibility index (Phi) is 4.62. The van der Waals surface area contributed by atoms with Crippen molar-refractivity contribution in [1.82, 2.24) is 25.0 Å². The number of nitrogens with zero attached hydrogens (tertiary/aromatic N) is 5. The fourth-order valence-corrected chi connectivity index (χ4v) is 4.52. The summed E-state index contributed by atoms with van der Waals surface area (Å²) in [6.07, 6.45) is -9.51. The molecule has 3 aromatic rings. The number of hydrogen-bond donors (Lipinski definition) is 4. The molecular weight excluding hydrogens is 487 g/mol. The quantitative estimate of drug-likeness (QED) is 0.229. The molecule has 10 nitrogen and oxygen atoms in total. The predicted molar refractivity (Wildman–Crippen MR) is 133 cm³/mol. The average molecular weight is 529 g/mol. The summed E-state index contributed by atoms with van der Waals surface area (Å²) in [6, 6.07) is 0.0364. The van der Waals surface area contributed by atoms with Gasteiger partial charge in [0.25, 0.3) is 0 Å². The number of aliphatic hydroxyl groups is 3. The number of aliphatic hydroxyl groups excluding tert-OH is 2.